The molecule has 1 aromatic heterocycles. The van der Waals surface area contributed by atoms with Gasteiger partial charge in [-0.3, -0.25) is 0 Å². The molecule has 0 saturated carbocycles. The van der Waals surface area contributed by atoms with Crippen molar-refractivity contribution in [3.8, 4) is 5.75 Å². The van der Waals surface area contributed by atoms with Crippen molar-refractivity contribution in [1.29, 1.82) is 0 Å². The quantitative estimate of drug-likeness (QED) is 0.592. The third-order valence-corrected chi connectivity index (χ3v) is 3.43. The molecule has 4 N–H and O–H groups in total. The molecule has 7 heteroatoms. The summed E-state index contributed by atoms with van der Waals surface area (Å²) in [5.74, 6) is 6.80. The smallest absolute Gasteiger partial charge is 0.205 e. The van der Waals surface area contributed by atoms with E-state index in [4.69, 9.17) is 10.6 Å². The van der Waals surface area contributed by atoms with Gasteiger partial charge in [0, 0.05) is 10.2 Å². The van der Waals surface area contributed by atoms with Crippen molar-refractivity contribution in [2.45, 2.75) is 6.92 Å². The van der Waals surface area contributed by atoms with Gasteiger partial charge >= 0.3 is 0 Å². The molecule has 100 valence electrons. The van der Waals surface area contributed by atoms with Crippen LogP contribution in [0, 0.1) is 6.92 Å². The number of nitrogens with two attached hydrogens (primary N) is 1. The van der Waals surface area contributed by atoms with E-state index in [0.717, 1.165) is 15.7 Å². The Hall–Kier alpha value is -1.86. The second kappa shape index (κ2) is 5.85. The summed E-state index contributed by atoms with van der Waals surface area (Å²) >= 11 is 3.49. The molecule has 2 aromatic rings. The Balaban J connectivity index is 2.35. The monoisotopic (exact) mass is 323 g/mol. The molecule has 1 aromatic carbocycles. The summed E-state index contributed by atoms with van der Waals surface area (Å²) in [5.41, 5.74) is 4.51. The number of aryl methyl sites for hydroxylation is 1. The van der Waals surface area contributed by atoms with Crippen molar-refractivity contribution in [3.05, 3.63) is 34.6 Å². The first-order chi connectivity index (χ1) is 9.15. The van der Waals surface area contributed by atoms with E-state index in [1.54, 1.807) is 0 Å². The third kappa shape index (κ3) is 2.94. The molecule has 0 atom stereocenters. The lowest BCUT2D eigenvalue weighted by Gasteiger charge is -2.13. The number of nitrogens with zero attached hydrogens (tertiary/aromatic N) is 2. The van der Waals surface area contributed by atoms with Crippen LogP contribution in [0.15, 0.2) is 29.0 Å². The normalized spacial score (nSPS) is 10.1. The molecule has 19 heavy (non-hydrogen) atoms. The van der Waals surface area contributed by atoms with Crippen LogP contribution < -0.4 is 21.3 Å². The molecule has 0 fully saturated rings. The second-order valence-corrected chi connectivity index (χ2v) is 4.69. The third-order valence-electron chi connectivity index (χ3n) is 2.58. The minimum atomic E-state index is 0.422. The summed E-state index contributed by atoms with van der Waals surface area (Å²) in [5, 5.41) is 3.16. The minimum Gasteiger partial charge on any atom is -0.490 e. The molecule has 0 amide bonds. The Morgan fingerprint density at radius 1 is 1.26 bits per heavy atom. The number of hydrogen-bond acceptors (Lipinski definition) is 6. The molecule has 0 bridgehead atoms. The highest BCUT2D eigenvalue weighted by atomic mass is 79.9. The number of methoxy groups -OCH3 is 1. The van der Waals surface area contributed by atoms with Crippen molar-refractivity contribution in [2.24, 2.45) is 5.84 Å². The number of benzene rings is 1. The van der Waals surface area contributed by atoms with Gasteiger partial charge < -0.3 is 15.5 Å². The molecule has 0 aliphatic heterocycles. The van der Waals surface area contributed by atoms with Crippen LogP contribution in [-0.4, -0.2) is 17.1 Å². The average molecular weight is 324 g/mol. The van der Waals surface area contributed by atoms with Gasteiger partial charge in [0.2, 0.25) is 5.75 Å². The summed E-state index contributed by atoms with van der Waals surface area (Å²) < 4.78 is 6.27. The van der Waals surface area contributed by atoms with Gasteiger partial charge in [-0.2, -0.15) is 0 Å². The second-order valence-electron chi connectivity index (χ2n) is 3.84. The van der Waals surface area contributed by atoms with E-state index in [2.05, 4.69) is 36.6 Å². The maximum Gasteiger partial charge on any atom is 0.205 e. The Morgan fingerprint density at radius 2 is 2.00 bits per heavy atom. The number of anilines is 3. The fraction of sp³-hybridized carbons (Fsp3) is 0.167. The van der Waals surface area contributed by atoms with Crippen LogP contribution in [0.5, 0.6) is 5.75 Å². The van der Waals surface area contributed by atoms with E-state index in [-0.39, 0.29) is 0 Å². The number of hydrogen-bond donors (Lipinski definition) is 3. The zero-order chi connectivity index (χ0) is 13.8. The fourth-order valence-electron chi connectivity index (χ4n) is 1.57. The van der Waals surface area contributed by atoms with E-state index < -0.39 is 0 Å². The van der Waals surface area contributed by atoms with Crippen molar-refractivity contribution >= 4 is 33.3 Å². The lowest BCUT2D eigenvalue weighted by atomic mass is 10.2. The molecule has 0 spiro atoms. The van der Waals surface area contributed by atoms with Gasteiger partial charge in [-0.15, -0.1) is 0 Å². The highest BCUT2D eigenvalue weighted by Gasteiger charge is 2.11. The summed E-state index contributed by atoms with van der Waals surface area (Å²) in [7, 11) is 1.54. The van der Waals surface area contributed by atoms with E-state index in [1.807, 2.05) is 25.1 Å². The number of nitrogens with one attached hydrogen (secondary N) is 2. The Bertz CT molecular complexity index is 590. The minimum absolute atomic E-state index is 0.422. The standard InChI is InChI=1S/C12H14BrN5O/c1-7-3-4-8(5-9(7)13)17-11-10(19-2)12(18-14)16-6-15-11/h3-6H,14H2,1-2H3,(H2,15,16,17,18). The predicted molar refractivity (Wildman–Crippen MR) is 78.6 cm³/mol. The first-order valence-electron chi connectivity index (χ1n) is 5.54. The Labute approximate surface area is 119 Å². The molecule has 0 unspecified atom stereocenters. The highest BCUT2D eigenvalue weighted by molar-refractivity contribution is 9.10. The molecule has 0 radical (unpaired) electrons. The van der Waals surface area contributed by atoms with Gasteiger partial charge in [0.15, 0.2) is 11.6 Å². The van der Waals surface area contributed by atoms with Crippen LogP contribution >= 0.6 is 15.9 Å². The molecule has 0 saturated heterocycles. The number of halogens is 1. The van der Waals surface area contributed by atoms with Crippen molar-refractivity contribution < 1.29 is 4.74 Å². The van der Waals surface area contributed by atoms with Crippen molar-refractivity contribution in [3.63, 3.8) is 0 Å². The van der Waals surface area contributed by atoms with E-state index >= 15 is 0 Å². The van der Waals surface area contributed by atoms with Crippen LogP contribution in [-0.2, 0) is 0 Å². The van der Waals surface area contributed by atoms with E-state index in [0.29, 0.717) is 17.4 Å². The first-order valence-corrected chi connectivity index (χ1v) is 6.33. The van der Waals surface area contributed by atoms with Crippen molar-refractivity contribution in [1.82, 2.24) is 9.97 Å². The zero-order valence-corrected chi connectivity index (χ0v) is 12.2. The summed E-state index contributed by atoms with van der Waals surface area (Å²) in [4.78, 5) is 8.13. The fourth-order valence-corrected chi connectivity index (χ4v) is 1.95. The number of ether oxygens (including phenoxy) is 1. The number of aromatic nitrogens is 2. The molecule has 2 rings (SSSR count). The first kappa shape index (κ1) is 13.6. The number of hydrazine groups is 1. The summed E-state index contributed by atoms with van der Waals surface area (Å²) in [6.45, 7) is 2.02. The van der Waals surface area contributed by atoms with Gasteiger partial charge in [-0.05, 0) is 24.6 Å². The average Bonchev–Trinajstić information content (AvgIpc) is 2.42. The van der Waals surface area contributed by atoms with Crippen LogP contribution in [0.4, 0.5) is 17.3 Å². The Kier molecular flexibility index (Phi) is 4.18. The zero-order valence-electron chi connectivity index (χ0n) is 10.6. The van der Waals surface area contributed by atoms with E-state index in [9.17, 15) is 0 Å². The number of rotatable bonds is 4. The molecular formula is C12H14BrN5O. The maximum absolute atomic E-state index is 5.38. The van der Waals surface area contributed by atoms with Gasteiger partial charge in [0.05, 0.1) is 7.11 Å². The molecule has 0 aliphatic carbocycles. The lowest BCUT2D eigenvalue weighted by Crippen LogP contribution is -2.11. The molecular weight excluding hydrogens is 310 g/mol. The number of nitrogen functional groups attached to an aromatic ring is 1. The van der Waals surface area contributed by atoms with Gasteiger partial charge in [-0.25, -0.2) is 15.8 Å². The van der Waals surface area contributed by atoms with Gasteiger partial charge in [-0.1, -0.05) is 22.0 Å². The summed E-state index contributed by atoms with van der Waals surface area (Å²) in [6, 6.07) is 5.92. The Morgan fingerprint density at radius 3 is 2.63 bits per heavy atom. The van der Waals surface area contributed by atoms with Gasteiger partial charge in [0.25, 0.3) is 0 Å². The predicted octanol–water partition coefficient (Wildman–Crippen LogP) is 2.59. The van der Waals surface area contributed by atoms with Crippen molar-refractivity contribution in [2.75, 3.05) is 17.9 Å². The molecule has 1 heterocycles. The van der Waals surface area contributed by atoms with Crippen LogP contribution in [0.1, 0.15) is 5.56 Å². The van der Waals surface area contributed by atoms with Gasteiger partial charge in [0.1, 0.15) is 6.33 Å². The largest absolute Gasteiger partial charge is 0.490 e. The topological polar surface area (TPSA) is 85.1 Å². The molecule has 6 nitrogen and oxygen atoms in total. The SMILES string of the molecule is COc1c(NN)ncnc1Nc1ccc(C)c(Br)c1. The summed E-state index contributed by atoms with van der Waals surface area (Å²) in [6.07, 6.45) is 1.41. The van der Waals surface area contributed by atoms with Crippen LogP contribution in [0.2, 0.25) is 0 Å². The maximum atomic E-state index is 5.38. The van der Waals surface area contributed by atoms with E-state index in [1.165, 1.54) is 13.4 Å². The molecule has 0 aliphatic rings. The highest BCUT2D eigenvalue weighted by Crippen LogP contribution is 2.31. The van der Waals surface area contributed by atoms with Crippen LogP contribution in [0.3, 0.4) is 0 Å². The van der Waals surface area contributed by atoms with Crippen LogP contribution in [0.25, 0.3) is 0 Å². The lowest BCUT2D eigenvalue weighted by molar-refractivity contribution is 0.415.